The van der Waals surface area contributed by atoms with Crippen molar-refractivity contribution in [1.29, 1.82) is 0 Å². The Kier molecular flexibility index (Phi) is 12.4. The summed E-state index contributed by atoms with van der Waals surface area (Å²) in [6.45, 7) is 12.4. The van der Waals surface area contributed by atoms with Gasteiger partial charge in [-0.25, -0.2) is 9.59 Å². The number of rotatable bonds is 14. The molecule has 10 heteroatoms. The summed E-state index contributed by atoms with van der Waals surface area (Å²) in [5, 5.41) is 6.50. The summed E-state index contributed by atoms with van der Waals surface area (Å²) in [7, 11) is 1.28. The van der Waals surface area contributed by atoms with E-state index >= 15 is 0 Å². The Labute approximate surface area is 249 Å². The highest BCUT2D eigenvalue weighted by Gasteiger charge is 2.39. The number of amides is 2. The SMILES string of the molecule is COC(=O)C(CCCCCCCC(=O)OC(C)(C)C)NC(=O)[C@@](C)(Cc1c[nH]c2ccccc12)NC(=O)OC(C)(C)C. The minimum Gasteiger partial charge on any atom is -0.467 e. The van der Waals surface area contributed by atoms with Crippen LogP contribution in [0.4, 0.5) is 4.79 Å². The molecule has 2 atom stereocenters. The standard InChI is InChI=1S/C32H49N3O7/c1-30(2,3)41-26(36)19-13-11-9-10-12-18-25(27(37)40-8)34-28(38)32(7,35-29(39)42-31(4,5)6)20-22-21-33-24-17-15-14-16-23(22)24/h14-17,21,25,33H,9-13,18-20H2,1-8H3,(H,34,38)(H,35,39)/t25?,32-/m1/s1. The number of hydrogen-bond donors (Lipinski definition) is 3. The lowest BCUT2D eigenvalue weighted by Gasteiger charge is -2.32. The highest BCUT2D eigenvalue weighted by atomic mass is 16.6. The Hall–Kier alpha value is -3.56. The van der Waals surface area contributed by atoms with Crippen molar-refractivity contribution >= 4 is 34.8 Å². The van der Waals surface area contributed by atoms with Gasteiger partial charge in [0.05, 0.1) is 7.11 Å². The van der Waals surface area contributed by atoms with Crippen LogP contribution in [0, 0.1) is 0 Å². The number of nitrogens with one attached hydrogen (secondary N) is 3. The third kappa shape index (κ3) is 11.7. The van der Waals surface area contributed by atoms with Crippen LogP contribution in [-0.2, 0) is 35.0 Å². The lowest BCUT2D eigenvalue weighted by Crippen LogP contribution is -2.61. The molecule has 0 spiro atoms. The molecule has 2 rings (SSSR count). The Balaban J connectivity index is 2.05. The van der Waals surface area contributed by atoms with Crippen LogP contribution in [0.3, 0.4) is 0 Å². The number of alkyl carbamates (subject to hydrolysis) is 1. The molecule has 0 aliphatic rings. The predicted octanol–water partition coefficient (Wildman–Crippen LogP) is 5.72. The fourth-order valence-corrected chi connectivity index (χ4v) is 4.62. The van der Waals surface area contributed by atoms with Crippen molar-refractivity contribution in [2.24, 2.45) is 0 Å². The maximum atomic E-state index is 13.8. The van der Waals surface area contributed by atoms with Crippen molar-refractivity contribution < 1.29 is 33.4 Å². The molecule has 0 aliphatic carbocycles. The first-order chi connectivity index (χ1) is 19.5. The maximum Gasteiger partial charge on any atom is 0.408 e. The number of ether oxygens (including phenoxy) is 3. The first kappa shape index (κ1) is 34.6. The smallest absolute Gasteiger partial charge is 0.408 e. The molecule has 0 saturated heterocycles. The Bertz CT molecular complexity index is 1210. The summed E-state index contributed by atoms with van der Waals surface area (Å²) < 4.78 is 15.8. The van der Waals surface area contributed by atoms with Gasteiger partial charge in [-0.1, -0.05) is 43.9 Å². The molecule has 1 aromatic heterocycles. The molecule has 0 saturated carbocycles. The molecule has 0 radical (unpaired) electrons. The van der Waals surface area contributed by atoms with Gasteiger partial charge in [0.1, 0.15) is 22.8 Å². The molecule has 0 aliphatic heterocycles. The van der Waals surface area contributed by atoms with Gasteiger partial charge in [-0.2, -0.15) is 0 Å². The van der Waals surface area contributed by atoms with E-state index in [1.54, 1.807) is 27.7 Å². The van der Waals surface area contributed by atoms with Gasteiger partial charge in [0.2, 0.25) is 5.91 Å². The molecule has 42 heavy (non-hydrogen) atoms. The summed E-state index contributed by atoms with van der Waals surface area (Å²) in [4.78, 5) is 54.3. The second-order valence-corrected chi connectivity index (χ2v) is 12.9. The van der Waals surface area contributed by atoms with E-state index in [9.17, 15) is 19.2 Å². The van der Waals surface area contributed by atoms with Gasteiger partial charge in [0.15, 0.2) is 0 Å². The van der Waals surface area contributed by atoms with Crippen molar-refractivity contribution in [1.82, 2.24) is 15.6 Å². The van der Waals surface area contributed by atoms with Crippen LogP contribution in [0.2, 0.25) is 0 Å². The van der Waals surface area contributed by atoms with Crippen LogP contribution < -0.4 is 10.6 Å². The van der Waals surface area contributed by atoms with Gasteiger partial charge in [0.25, 0.3) is 0 Å². The number of aromatic amines is 1. The molecular weight excluding hydrogens is 538 g/mol. The number of esters is 2. The first-order valence-corrected chi connectivity index (χ1v) is 14.7. The number of aromatic nitrogens is 1. The molecule has 2 amide bonds. The Morgan fingerprint density at radius 1 is 0.857 bits per heavy atom. The van der Waals surface area contributed by atoms with Gasteiger partial charge in [-0.3, -0.25) is 9.59 Å². The monoisotopic (exact) mass is 587 g/mol. The number of hydrogen-bond acceptors (Lipinski definition) is 7. The maximum absolute atomic E-state index is 13.8. The molecule has 0 fully saturated rings. The molecule has 1 heterocycles. The highest BCUT2D eigenvalue weighted by Crippen LogP contribution is 2.24. The largest absolute Gasteiger partial charge is 0.467 e. The number of H-pyrrole nitrogens is 1. The highest BCUT2D eigenvalue weighted by molar-refractivity contribution is 5.94. The zero-order valence-electron chi connectivity index (χ0n) is 26.5. The number of benzene rings is 1. The van der Waals surface area contributed by atoms with Crippen LogP contribution in [0.1, 0.15) is 99.0 Å². The summed E-state index contributed by atoms with van der Waals surface area (Å²) >= 11 is 0. The van der Waals surface area contributed by atoms with Crippen LogP contribution in [0.25, 0.3) is 10.9 Å². The zero-order valence-corrected chi connectivity index (χ0v) is 26.5. The van der Waals surface area contributed by atoms with Gasteiger partial charge >= 0.3 is 18.0 Å². The van der Waals surface area contributed by atoms with Gasteiger partial charge < -0.3 is 29.8 Å². The number of fused-ring (bicyclic) bond motifs is 1. The fraction of sp³-hybridized carbons (Fsp3) is 0.625. The number of carbonyl (C=O) groups excluding carboxylic acids is 4. The van der Waals surface area contributed by atoms with Crippen molar-refractivity contribution in [2.45, 2.75) is 123 Å². The van der Waals surface area contributed by atoms with Crippen molar-refractivity contribution in [3.05, 3.63) is 36.0 Å². The van der Waals surface area contributed by atoms with E-state index < -0.39 is 40.8 Å². The summed E-state index contributed by atoms with van der Waals surface area (Å²) in [5.41, 5.74) is -0.935. The van der Waals surface area contributed by atoms with Crippen LogP contribution in [0.15, 0.2) is 30.5 Å². The molecule has 0 bridgehead atoms. The first-order valence-electron chi connectivity index (χ1n) is 14.7. The van der Waals surface area contributed by atoms with Gasteiger partial charge in [-0.05, 0) is 72.9 Å². The van der Waals surface area contributed by atoms with Gasteiger partial charge in [0, 0.05) is 29.9 Å². The zero-order chi connectivity index (χ0) is 31.6. The third-order valence-corrected chi connectivity index (χ3v) is 6.58. The lowest BCUT2D eigenvalue weighted by atomic mass is 9.91. The lowest BCUT2D eigenvalue weighted by molar-refractivity contribution is -0.155. The number of carbonyl (C=O) groups is 4. The predicted molar refractivity (Wildman–Crippen MR) is 162 cm³/mol. The number of para-hydroxylation sites is 1. The van der Waals surface area contributed by atoms with E-state index in [2.05, 4.69) is 15.6 Å². The van der Waals surface area contributed by atoms with Crippen LogP contribution in [-0.4, -0.2) is 58.8 Å². The second kappa shape index (κ2) is 15.1. The summed E-state index contributed by atoms with van der Waals surface area (Å²) in [5.74, 6) is -1.28. The van der Waals surface area contributed by atoms with E-state index in [0.717, 1.165) is 42.1 Å². The average molecular weight is 588 g/mol. The van der Waals surface area contributed by atoms with E-state index in [1.807, 2.05) is 51.2 Å². The van der Waals surface area contributed by atoms with E-state index in [0.29, 0.717) is 19.3 Å². The normalized spacial score (nSPS) is 14.0. The van der Waals surface area contributed by atoms with Crippen LogP contribution >= 0.6 is 0 Å². The third-order valence-electron chi connectivity index (χ3n) is 6.58. The number of methoxy groups -OCH3 is 1. The van der Waals surface area contributed by atoms with E-state index in [-0.39, 0.29) is 12.4 Å². The molecule has 3 N–H and O–H groups in total. The molecule has 2 aromatic rings. The summed E-state index contributed by atoms with van der Waals surface area (Å²) in [6.07, 6.45) is 5.94. The van der Waals surface area contributed by atoms with Crippen molar-refractivity contribution in [3.63, 3.8) is 0 Å². The minimum atomic E-state index is -1.43. The molecule has 1 aromatic carbocycles. The Morgan fingerprint density at radius 3 is 2.12 bits per heavy atom. The van der Waals surface area contributed by atoms with Crippen LogP contribution in [0.5, 0.6) is 0 Å². The van der Waals surface area contributed by atoms with Crippen molar-refractivity contribution in [3.8, 4) is 0 Å². The average Bonchev–Trinajstić information content (AvgIpc) is 3.26. The fourth-order valence-electron chi connectivity index (χ4n) is 4.62. The number of unbranched alkanes of at least 4 members (excludes halogenated alkanes) is 4. The van der Waals surface area contributed by atoms with E-state index in [4.69, 9.17) is 14.2 Å². The van der Waals surface area contributed by atoms with Gasteiger partial charge in [-0.15, -0.1) is 0 Å². The second-order valence-electron chi connectivity index (χ2n) is 12.9. The molecule has 10 nitrogen and oxygen atoms in total. The minimum absolute atomic E-state index is 0.160. The quantitative estimate of drug-likeness (QED) is 0.146. The molecular formula is C32H49N3O7. The Morgan fingerprint density at radius 2 is 1.48 bits per heavy atom. The van der Waals surface area contributed by atoms with E-state index in [1.165, 1.54) is 7.11 Å². The topological polar surface area (TPSA) is 136 Å². The summed E-state index contributed by atoms with van der Waals surface area (Å²) in [6, 6.07) is 6.81. The molecule has 1 unspecified atom stereocenters. The molecule has 234 valence electrons. The van der Waals surface area contributed by atoms with Crippen molar-refractivity contribution in [2.75, 3.05) is 7.11 Å².